The molecule has 0 unspecified atom stereocenters. The van der Waals surface area contributed by atoms with E-state index in [-0.39, 0.29) is 0 Å². The lowest BCUT2D eigenvalue weighted by atomic mass is 10.3. The number of aromatic nitrogens is 2. The summed E-state index contributed by atoms with van der Waals surface area (Å²) in [5, 5.41) is 0.987. The summed E-state index contributed by atoms with van der Waals surface area (Å²) in [6.07, 6.45) is 0. The zero-order valence-corrected chi connectivity index (χ0v) is 13.3. The Bertz CT molecular complexity index is 537. The first-order valence-corrected chi connectivity index (χ1v) is 8.23. The summed E-state index contributed by atoms with van der Waals surface area (Å²) in [4.78, 5) is 10.4. The van der Waals surface area contributed by atoms with Crippen LogP contribution in [-0.4, -0.2) is 46.9 Å². The summed E-state index contributed by atoms with van der Waals surface area (Å²) in [5.74, 6) is 1.95. The Morgan fingerprint density at radius 3 is 2.75 bits per heavy atom. The lowest BCUT2D eigenvalue weighted by Crippen LogP contribution is -2.25. The molecular formula is C15H23N3OS. The number of ether oxygens (including phenoxy) is 1. The van der Waals surface area contributed by atoms with Crippen molar-refractivity contribution in [3.63, 3.8) is 0 Å². The van der Waals surface area contributed by atoms with Crippen LogP contribution in [0.3, 0.4) is 0 Å². The van der Waals surface area contributed by atoms with Crippen molar-refractivity contribution in [1.82, 2.24) is 14.9 Å². The van der Waals surface area contributed by atoms with Crippen molar-refractivity contribution < 1.29 is 4.74 Å². The number of nitrogens with zero attached hydrogens (tertiary/aromatic N) is 2. The van der Waals surface area contributed by atoms with E-state index in [0.29, 0.717) is 6.61 Å². The predicted octanol–water partition coefficient (Wildman–Crippen LogP) is 3.40. The molecule has 1 N–H and O–H groups in total. The smallest absolute Gasteiger partial charge is 0.166 e. The quantitative estimate of drug-likeness (QED) is 0.757. The molecule has 0 bridgehead atoms. The van der Waals surface area contributed by atoms with Crippen molar-refractivity contribution in [2.45, 2.75) is 25.9 Å². The summed E-state index contributed by atoms with van der Waals surface area (Å²) in [5.41, 5.74) is 2.04. The average molecular weight is 293 g/mol. The van der Waals surface area contributed by atoms with Gasteiger partial charge in [-0.1, -0.05) is 25.6 Å². The van der Waals surface area contributed by atoms with Crippen LogP contribution in [-0.2, 0) is 0 Å². The van der Waals surface area contributed by atoms with Crippen LogP contribution in [0.15, 0.2) is 23.4 Å². The van der Waals surface area contributed by atoms with Gasteiger partial charge in [0.1, 0.15) is 5.75 Å². The van der Waals surface area contributed by atoms with Gasteiger partial charge in [0.25, 0.3) is 0 Å². The summed E-state index contributed by atoms with van der Waals surface area (Å²) >= 11 is 1.78. The van der Waals surface area contributed by atoms with Gasteiger partial charge >= 0.3 is 0 Å². The molecule has 4 nitrogen and oxygen atoms in total. The minimum absolute atomic E-state index is 0.686. The molecule has 0 fully saturated rings. The SMILES string of the molecule is CCOc1ccc2nc(SCCN(CC)CC)[nH]c2c1. The zero-order chi connectivity index (χ0) is 14.4. The monoisotopic (exact) mass is 293 g/mol. The molecular weight excluding hydrogens is 270 g/mol. The first-order chi connectivity index (χ1) is 9.76. The number of hydrogen-bond donors (Lipinski definition) is 1. The second-order valence-electron chi connectivity index (χ2n) is 4.53. The molecule has 0 saturated heterocycles. The van der Waals surface area contributed by atoms with Crippen LogP contribution in [0.1, 0.15) is 20.8 Å². The zero-order valence-electron chi connectivity index (χ0n) is 12.5. The Labute approximate surface area is 124 Å². The lowest BCUT2D eigenvalue weighted by molar-refractivity contribution is 0.324. The number of nitrogens with one attached hydrogen (secondary N) is 1. The van der Waals surface area contributed by atoms with E-state index >= 15 is 0 Å². The molecule has 20 heavy (non-hydrogen) atoms. The fourth-order valence-electron chi connectivity index (χ4n) is 2.10. The van der Waals surface area contributed by atoms with Crippen molar-refractivity contribution in [2.24, 2.45) is 0 Å². The van der Waals surface area contributed by atoms with Gasteiger partial charge in [-0.2, -0.15) is 0 Å². The largest absolute Gasteiger partial charge is 0.494 e. The van der Waals surface area contributed by atoms with E-state index in [1.165, 1.54) is 0 Å². The molecule has 0 amide bonds. The Morgan fingerprint density at radius 2 is 2.05 bits per heavy atom. The maximum atomic E-state index is 5.50. The topological polar surface area (TPSA) is 41.1 Å². The molecule has 0 spiro atoms. The van der Waals surface area contributed by atoms with Crippen LogP contribution in [0.2, 0.25) is 0 Å². The third-order valence-corrected chi connectivity index (χ3v) is 4.14. The number of rotatable bonds is 8. The van der Waals surface area contributed by atoms with E-state index in [2.05, 4.69) is 28.7 Å². The highest BCUT2D eigenvalue weighted by molar-refractivity contribution is 7.99. The molecule has 2 aromatic rings. The van der Waals surface area contributed by atoms with Gasteiger partial charge < -0.3 is 14.6 Å². The predicted molar refractivity (Wildman–Crippen MR) is 85.8 cm³/mol. The Balaban J connectivity index is 1.97. The van der Waals surface area contributed by atoms with Crippen molar-refractivity contribution >= 4 is 22.8 Å². The second-order valence-corrected chi connectivity index (χ2v) is 5.61. The molecule has 0 saturated carbocycles. The minimum Gasteiger partial charge on any atom is -0.494 e. The van der Waals surface area contributed by atoms with Gasteiger partial charge in [0, 0.05) is 18.4 Å². The Hall–Kier alpha value is -1.20. The van der Waals surface area contributed by atoms with Gasteiger partial charge in [0.05, 0.1) is 17.6 Å². The van der Waals surface area contributed by atoms with E-state index < -0.39 is 0 Å². The number of benzene rings is 1. The van der Waals surface area contributed by atoms with Gasteiger partial charge in [-0.15, -0.1) is 0 Å². The molecule has 0 aliphatic rings. The summed E-state index contributed by atoms with van der Waals surface area (Å²) in [6.45, 7) is 10.4. The molecule has 2 rings (SSSR count). The van der Waals surface area contributed by atoms with E-state index in [1.54, 1.807) is 11.8 Å². The molecule has 0 aliphatic carbocycles. The maximum absolute atomic E-state index is 5.50. The van der Waals surface area contributed by atoms with Crippen LogP contribution < -0.4 is 4.74 Å². The van der Waals surface area contributed by atoms with Crippen LogP contribution in [0.5, 0.6) is 5.75 Å². The fraction of sp³-hybridized carbons (Fsp3) is 0.533. The number of aromatic amines is 1. The third-order valence-electron chi connectivity index (χ3n) is 3.28. The van der Waals surface area contributed by atoms with Crippen LogP contribution >= 0.6 is 11.8 Å². The van der Waals surface area contributed by atoms with Crippen molar-refractivity contribution in [3.8, 4) is 5.75 Å². The average Bonchev–Trinajstić information content (AvgIpc) is 2.86. The molecule has 1 aromatic carbocycles. The van der Waals surface area contributed by atoms with E-state index in [1.807, 2.05) is 25.1 Å². The minimum atomic E-state index is 0.686. The highest BCUT2D eigenvalue weighted by Crippen LogP contribution is 2.23. The molecule has 0 atom stereocenters. The molecule has 1 aromatic heterocycles. The van der Waals surface area contributed by atoms with Crippen molar-refractivity contribution in [2.75, 3.05) is 32.0 Å². The van der Waals surface area contributed by atoms with Gasteiger partial charge in [-0.05, 0) is 32.1 Å². The van der Waals surface area contributed by atoms with Crippen molar-refractivity contribution in [3.05, 3.63) is 18.2 Å². The number of imidazole rings is 1. The van der Waals surface area contributed by atoms with E-state index in [4.69, 9.17) is 4.74 Å². The molecule has 1 heterocycles. The van der Waals surface area contributed by atoms with Gasteiger partial charge in [0.2, 0.25) is 0 Å². The number of hydrogen-bond acceptors (Lipinski definition) is 4. The number of fused-ring (bicyclic) bond motifs is 1. The summed E-state index contributed by atoms with van der Waals surface area (Å²) in [6, 6.07) is 5.99. The first kappa shape index (κ1) is 15.2. The molecule has 0 aliphatic heterocycles. The standard InChI is InChI=1S/C15H23N3OS/c1-4-18(5-2)9-10-20-15-16-13-8-7-12(19-6-3)11-14(13)17-15/h7-8,11H,4-6,9-10H2,1-3H3,(H,16,17). The van der Waals surface area contributed by atoms with Crippen LogP contribution in [0.4, 0.5) is 0 Å². The molecule has 0 radical (unpaired) electrons. The Kier molecular flexibility index (Phi) is 5.73. The lowest BCUT2D eigenvalue weighted by Gasteiger charge is -2.16. The third kappa shape index (κ3) is 3.90. The van der Waals surface area contributed by atoms with E-state index in [9.17, 15) is 0 Å². The second kappa shape index (κ2) is 7.55. The van der Waals surface area contributed by atoms with Gasteiger partial charge in [-0.3, -0.25) is 0 Å². The Morgan fingerprint density at radius 1 is 1.25 bits per heavy atom. The highest BCUT2D eigenvalue weighted by atomic mass is 32.2. The summed E-state index contributed by atoms with van der Waals surface area (Å²) in [7, 11) is 0. The fourth-order valence-corrected chi connectivity index (χ4v) is 2.99. The highest BCUT2D eigenvalue weighted by Gasteiger charge is 2.06. The van der Waals surface area contributed by atoms with Crippen LogP contribution in [0, 0.1) is 0 Å². The number of thioether (sulfide) groups is 1. The summed E-state index contributed by atoms with van der Waals surface area (Å²) < 4.78 is 5.50. The molecule has 110 valence electrons. The number of H-pyrrole nitrogens is 1. The van der Waals surface area contributed by atoms with Crippen molar-refractivity contribution in [1.29, 1.82) is 0 Å². The van der Waals surface area contributed by atoms with Crippen LogP contribution in [0.25, 0.3) is 11.0 Å². The van der Waals surface area contributed by atoms with Gasteiger partial charge in [0.15, 0.2) is 5.16 Å². The van der Waals surface area contributed by atoms with E-state index in [0.717, 1.165) is 47.3 Å². The van der Waals surface area contributed by atoms with Gasteiger partial charge in [-0.25, -0.2) is 4.98 Å². The maximum Gasteiger partial charge on any atom is 0.166 e. The first-order valence-electron chi connectivity index (χ1n) is 7.24. The normalized spacial score (nSPS) is 11.4. The molecule has 5 heteroatoms.